The zero-order valence-corrected chi connectivity index (χ0v) is 13.4. The number of hydrogen-bond donors (Lipinski definition) is 1. The predicted octanol–water partition coefficient (Wildman–Crippen LogP) is 2.79. The van der Waals surface area contributed by atoms with Gasteiger partial charge in [-0.2, -0.15) is 5.10 Å². The molecular weight excluding hydrogens is 306 g/mol. The van der Waals surface area contributed by atoms with E-state index >= 15 is 0 Å². The van der Waals surface area contributed by atoms with Crippen LogP contribution in [-0.2, 0) is 11.3 Å². The molecule has 4 nitrogen and oxygen atoms in total. The van der Waals surface area contributed by atoms with Crippen LogP contribution in [0.5, 0.6) is 0 Å². The summed E-state index contributed by atoms with van der Waals surface area (Å²) >= 11 is 3.65. The summed E-state index contributed by atoms with van der Waals surface area (Å²) in [5, 5.41) is 8.00. The van der Waals surface area contributed by atoms with Crippen LogP contribution >= 0.6 is 15.9 Å². The normalized spacial score (nSPS) is 22.5. The minimum atomic E-state index is 0.637. The third-order valence-electron chi connectivity index (χ3n) is 3.94. The first-order chi connectivity index (χ1) is 9.27. The summed E-state index contributed by atoms with van der Waals surface area (Å²) in [6, 6.07) is 0. The van der Waals surface area contributed by atoms with Crippen LogP contribution in [0.2, 0.25) is 0 Å². The van der Waals surface area contributed by atoms with Gasteiger partial charge in [-0.05, 0) is 54.2 Å². The number of halogens is 1. The van der Waals surface area contributed by atoms with Crippen LogP contribution in [0.25, 0.3) is 0 Å². The van der Waals surface area contributed by atoms with Crippen molar-refractivity contribution in [3.05, 3.63) is 16.4 Å². The van der Waals surface area contributed by atoms with Crippen LogP contribution in [0.3, 0.4) is 0 Å². The molecule has 0 amide bonds. The Morgan fingerprint density at radius 1 is 1.53 bits per heavy atom. The Morgan fingerprint density at radius 3 is 3.00 bits per heavy atom. The van der Waals surface area contributed by atoms with Gasteiger partial charge in [0.2, 0.25) is 0 Å². The largest absolute Gasteiger partial charge is 0.383 e. The molecule has 1 heterocycles. The second-order valence-corrected chi connectivity index (χ2v) is 6.10. The molecule has 0 spiro atoms. The van der Waals surface area contributed by atoms with E-state index < -0.39 is 0 Å². The fourth-order valence-electron chi connectivity index (χ4n) is 2.73. The minimum Gasteiger partial charge on any atom is -0.383 e. The molecule has 2 rings (SSSR count). The lowest BCUT2D eigenvalue weighted by Gasteiger charge is -2.37. The Hall–Kier alpha value is -0.390. The minimum absolute atomic E-state index is 0.637. The van der Waals surface area contributed by atoms with Crippen molar-refractivity contribution >= 4 is 15.9 Å². The van der Waals surface area contributed by atoms with E-state index in [1.165, 1.54) is 25.0 Å². The van der Waals surface area contributed by atoms with Crippen LogP contribution in [0.15, 0.2) is 10.7 Å². The van der Waals surface area contributed by atoms with Crippen molar-refractivity contribution in [3.63, 3.8) is 0 Å². The van der Waals surface area contributed by atoms with Crippen molar-refractivity contribution in [1.82, 2.24) is 15.1 Å². The van der Waals surface area contributed by atoms with Crippen molar-refractivity contribution in [2.45, 2.75) is 38.6 Å². The Bertz CT molecular complexity index is 394. The standard InChI is InChI=1S/C14H24BrN3O/c1-3-6-16-9-11-4-5-12(11)14-13(15)10-17-18(14)7-8-19-2/h10-12,16H,3-9H2,1-2H3. The maximum Gasteiger partial charge on any atom is 0.0658 e. The number of hydrogen-bond acceptors (Lipinski definition) is 3. The first-order valence-electron chi connectivity index (χ1n) is 7.18. The van der Waals surface area contributed by atoms with Crippen LogP contribution in [0.1, 0.15) is 37.8 Å². The van der Waals surface area contributed by atoms with Crippen molar-refractivity contribution in [2.24, 2.45) is 5.92 Å². The zero-order chi connectivity index (χ0) is 13.7. The Balaban J connectivity index is 1.98. The molecule has 0 radical (unpaired) electrons. The summed E-state index contributed by atoms with van der Waals surface area (Å²) in [6.07, 6.45) is 5.71. The Morgan fingerprint density at radius 2 is 2.37 bits per heavy atom. The molecule has 1 fully saturated rings. The lowest BCUT2D eigenvalue weighted by Crippen LogP contribution is -2.35. The second kappa shape index (κ2) is 7.41. The highest BCUT2D eigenvalue weighted by Crippen LogP contribution is 2.44. The quantitative estimate of drug-likeness (QED) is 0.745. The van der Waals surface area contributed by atoms with Gasteiger partial charge in [0.1, 0.15) is 0 Å². The Kier molecular flexibility index (Phi) is 5.85. The maximum atomic E-state index is 5.16. The number of nitrogens with zero attached hydrogens (tertiary/aromatic N) is 2. The fraction of sp³-hybridized carbons (Fsp3) is 0.786. The van der Waals surface area contributed by atoms with Crippen molar-refractivity contribution in [3.8, 4) is 0 Å². The molecule has 0 aliphatic heterocycles. The third-order valence-corrected chi connectivity index (χ3v) is 4.55. The van der Waals surface area contributed by atoms with Gasteiger partial charge >= 0.3 is 0 Å². The molecule has 19 heavy (non-hydrogen) atoms. The van der Waals surface area contributed by atoms with Gasteiger partial charge in [0.25, 0.3) is 0 Å². The van der Waals surface area contributed by atoms with Crippen molar-refractivity contribution in [1.29, 1.82) is 0 Å². The van der Waals surface area contributed by atoms with Crippen LogP contribution in [0.4, 0.5) is 0 Å². The average Bonchev–Trinajstić information content (AvgIpc) is 2.73. The first kappa shape index (κ1) is 15.0. The van der Waals surface area contributed by atoms with Gasteiger partial charge in [0.05, 0.1) is 29.5 Å². The first-order valence-corrected chi connectivity index (χ1v) is 7.98. The summed E-state index contributed by atoms with van der Waals surface area (Å²) in [6.45, 7) is 6.00. The second-order valence-electron chi connectivity index (χ2n) is 5.24. The molecule has 2 atom stereocenters. The van der Waals surface area contributed by atoms with Gasteiger partial charge < -0.3 is 10.1 Å². The SMILES string of the molecule is CCCNCC1CCC1c1c(Br)cnn1CCOC. The molecule has 108 valence electrons. The number of aromatic nitrogens is 2. The van der Waals surface area contributed by atoms with Crippen LogP contribution in [0, 0.1) is 5.92 Å². The molecule has 1 aliphatic rings. The smallest absolute Gasteiger partial charge is 0.0658 e. The molecule has 0 aromatic carbocycles. The molecular formula is C14H24BrN3O. The highest BCUT2D eigenvalue weighted by molar-refractivity contribution is 9.10. The van der Waals surface area contributed by atoms with Gasteiger partial charge in [-0.1, -0.05) is 6.92 Å². The molecule has 5 heteroatoms. The highest BCUT2D eigenvalue weighted by atomic mass is 79.9. The summed E-state index contributed by atoms with van der Waals surface area (Å²) in [5.41, 5.74) is 1.35. The van der Waals surface area contributed by atoms with Crippen molar-refractivity contribution in [2.75, 3.05) is 26.8 Å². The number of rotatable bonds is 8. The van der Waals surface area contributed by atoms with Crippen LogP contribution in [-0.4, -0.2) is 36.6 Å². The van der Waals surface area contributed by atoms with E-state index in [9.17, 15) is 0 Å². The fourth-order valence-corrected chi connectivity index (χ4v) is 3.32. The molecule has 1 N–H and O–H groups in total. The lowest BCUT2D eigenvalue weighted by molar-refractivity contribution is 0.176. The summed E-state index contributed by atoms with van der Waals surface area (Å²) in [4.78, 5) is 0. The number of nitrogens with one attached hydrogen (secondary N) is 1. The number of methoxy groups -OCH3 is 1. The average molecular weight is 330 g/mol. The molecule has 1 aromatic rings. The van der Waals surface area contributed by atoms with Gasteiger partial charge in [-0.15, -0.1) is 0 Å². The summed E-state index contributed by atoms with van der Waals surface area (Å²) < 4.78 is 8.41. The van der Waals surface area contributed by atoms with E-state index in [1.807, 2.05) is 6.20 Å². The number of ether oxygens (including phenoxy) is 1. The van der Waals surface area contributed by atoms with Gasteiger partial charge in [-0.25, -0.2) is 0 Å². The monoisotopic (exact) mass is 329 g/mol. The van der Waals surface area contributed by atoms with E-state index in [1.54, 1.807) is 7.11 Å². The van der Waals surface area contributed by atoms with Gasteiger partial charge in [-0.3, -0.25) is 4.68 Å². The van der Waals surface area contributed by atoms with Gasteiger partial charge in [0, 0.05) is 13.0 Å². The maximum absolute atomic E-state index is 5.16. The third kappa shape index (κ3) is 3.58. The molecule has 1 saturated carbocycles. The zero-order valence-electron chi connectivity index (χ0n) is 11.9. The predicted molar refractivity (Wildman–Crippen MR) is 80.4 cm³/mol. The molecule has 1 aliphatic carbocycles. The molecule has 0 bridgehead atoms. The van der Waals surface area contributed by atoms with E-state index in [0.29, 0.717) is 12.5 Å². The van der Waals surface area contributed by atoms with E-state index in [0.717, 1.165) is 30.0 Å². The molecule has 0 saturated heterocycles. The van der Waals surface area contributed by atoms with Crippen LogP contribution < -0.4 is 5.32 Å². The van der Waals surface area contributed by atoms with E-state index in [4.69, 9.17) is 4.74 Å². The van der Waals surface area contributed by atoms with Gasteiger partial charge in [0.15, 0.2) is 0 Å². The topological polar surface area (TPSA) is 39.1 Å². The highest BCUT2D eigenvalue weighted by Gasteiger charge is 2.35. The van der Waals surface area contributed by atoms with E-state index in [2.05, 4.69) is 38.0 Å². The Labute approximate surface area is 124 Å². The summed E-state index contributed by atoms with van der Waals surface area (Å²) in [5.74, 6) is 1.39. The van der Waals surface area contributed by atoms with E-state index in [-0.39, 0.29) is 0 Å². The van der Waals surface area contributed by atoms with Crippen molar-refractivity contribution < 1.29 is 4.74 Å². The lowest BCUT2D eigenvalue weighted by atomic mass is 9.71. The molecule has 1 aromatic heterocycles. The molecule has 2 unspecified atom stereocenters. The summed E-state index contributed by atoms with van der Waals surface area (Å²) in [7, 11) is 1.74.